The summed E-state index contributed by atoms with van der Waals surface area (Å²) < 4.78 is 92.9. The fraction of sp³-hybridized carbons (Fsp3) is 0.455. The Morgan fingerprint density at radius 2 is 2.00 bits per heavy atom. The molecule has 6 nitrogen and oxygen atoms in total. The summed E-state index contributed by atoms with van der Waals surface area (Å²) in [6.07, 6.45) is -7.09. The second-order valence-corrected chi connectivity index (χ2v) is 8.07. The highest BCUT2D eigenvalue weighted by atomic mass is 19.4. The van der Waals surface area contributed by atoms with Crippen molar-refractivity contribution in [2.75, 3.05) is 19.1 Å². The van der Waals surface area contributed by atoms with Crippen LogP contribution in [0.25, 0.3) is 0 Å². The summed E-state index contributed by atoms with van der Waals surface area (Å²) in [6, 6.07) is 4.20. The largest absolute Gasteiger partial charge is 0.493 e. The molecule has 0 saturated carbocycles. The second-order valence-electron chi connectivity index (χ2n) is 8.07. The number of anilines is 1. The van der Waals surface area contributed by atoms with Crippen LogP contribution in [-0.2, 0) is 9.53 Å². The van der Waals surface area contributed by atoms with Gasteiger partial charge in [-0.05, 0) is 25.1 Å². The minimum atomic E-state index is -4.90. The average Bonchev–Trinajstić information content (AvgIpc) is 3.07. The van der Waals surface area contributed by atoms with Crippen molar-refractivity contribution in [1.29, 1.82) is 0 Å². The third-order valence-corrected chi connectivity index (χ3v) is 6.11. The number of nitrogens with one attached hydrogen (secondary N) is 1. The van der Waals surface area contributed by atoms with Crippen LogP contribution in [-0.4, -0.2) is 47.7 Å². The van der Waals surface area contributed by atoms with Crippen LogP contribution in [0.4, 0.5) is 32.0 Å². The molecule has 2 N–H and O–H groups in total. The van der Waals surface area contributed by atoms with Crippen molar-refractivity contribution in [2.45, 2.75) is 43.8 Å². The summed E-state index contributed by atoms with van der Waals surface area (Å²) in [5.41, 5.74) is -3.08. The van der Waals surface area contributed by atoms with Crippen LogP contribution in [0.2, 0.25) is 0 Å². The van der Waals surface area contributed by atoms with Crippen molar-refractivity contribution in [3.63, 3.8) is 0 Å². The van der Waals surface area contributed by atoms with E-state index in [0.717, 1.165) is 38.4 Å². The van der Waals surface area contributed by atoms with E-state index in [1.807, 2.05) is 0 Å². The van der Waals surface area contributed by atoms with Gasteiger partial charge in [-0.15, -0.1) is 0 Å². The van der Waals surface area contributed by atoms with Gasteiger partial charge >= 0.3 is 6.18 Å². The van der Waals surface area contributed by atoms with Crippen LogP contribution in [0.1, 0.15) is 37.1 Å². The van der Waals surface area contributed by atoms with Crippen molar-refractivity contribution in [1.82, 2.24) is 4.98 Å². The molecule has 186 valence electrons. The molecule has 1 aliphatic heterocycles. The van der Waals surface area contributed by atoms with Gasteiger partial charge < -0.3 is 19.9 Å². The van der Waals surface area contributed by atoms with Crippen molar-refractivity contribution in [2.24, 2.45) is 5.92 Å². The van der Waals surface area contributed by atoms with Crippen LogP contribution in [0.3, 0.4) is 0 Å². The Morgan fingerprint density at radius 3 is 2.59 bits per heavy atom. The van der Waals surface area contributed by atoms with E-state index in [-0.39, 0.29) is 16.9 Å². The van der Waals surface area contributed by atoms with Gasteiger partial charge in [-0.2, -0.15) is 17.6 Å². The van der Waals surface area contributed by atoms with E-state index in [9.17, 15) is 36.2 Å². The molecule has 0 aliphatic carbocycles. The maximum absolute atomic E-state index is 14.4. The van der Waals surface area contributed by atoms with Crippen LogP contribution >= 0.6 is 0 Å². The van der Waals surface area contributed by atoms with E-state index >= 15 is 0 Å². The molecular weight excluding hydrogens is 470 g/mol. The number of hydrogen-bond acceptors (Lipinski definition) is 5. The summed E-state index contributed by atoms with van der Waals surface area (Å²) in [7, 11) is 1.02. The zero-order valence-corrected chi connectivity index (χ0v) is 18.3. The molecule has 1 amide bonds. The molecule has 34 heavy (non-hydrogen) atoms. The lowest BCUT2D eigenvalue weighted by molar-refractivity contribution is -0.272. The molecule has 0 radical (unpaired) electrons. The Bertz CT molecular complexity index is 1070. The number of rotatable bonds is 6. The van der Waals surface area contributed by atoms with Crippen LogP contribution in [0, 0.1) is 17.6 Å². The zero-order valence-electron chi connectivity index (χ0n) is 18.3. The number of amides is 1. The van der Waals surface area contributed by atoms with Crippen molar-refractivity contribution < 1.29 is 45.7 Å². The molecule has 0 unspecified atom stereocenters. The first-order chi connectivity index (χ1) is 15.9. The van der Waals surface area contributed by atoms with Gasteiger partial charge in [-0.3, -0.25) is 9.78 Å². The number of carbonyl (C=O) groups is 1. The first-order valence-corrected chi connectivity index (χ1v) is 10.1. The predicted molar refractivity (Wildman–Crippen MR) is 108 cm³/mol. The molecule has 5 atom stereocenters. The Hall–Kier alpha value is -2.86. The van der Waals surface area contributed by atoms with E-state index in [0.29, 0.717) is 0 Å². The lowest BCUT2D eigenvalue weighted by Gasteiger charge is -2.32. The molecule has 1 aromatic carbocycles. The highest BCUT2D eigenvalue weighted by molar-refractivity contribution is 5.95. The standard InChI is InChI=1S/C22H22F6N2O4/c1-10-16(12-4-5-13(24)17(25)18(12)33-3)19(34-21(10,2)22(26,27)28)20(32)30-11-6-7-29-14(8-11)15(31)9-23/h4-8,10,15-16,19,31H,9H2,1-3H3,(H,29,30,32)/t10-,15+,16-,19+,21+/m0/s1. The number of pyridine rings is 1. The number of benzene rings is 1. The number of ether oxygens (including phenoxy) is 2. The molecule has 1 aliphatic rings. The zero-order chi connectivity index (χ0) is 25.4. The van der Waals surface area contributed by atoms with E-state index in [4.69, 9.17) is 9.47 Å². The molecule has 2 aromatic rings. The van der Waals surface area contributed by atoms with Gasteiger partial charge in [0.2, 0.25) is 5.82 Å². The lowest BCUT2D eigenvalue weighted by Crippen LogP contribution is -2.47. The fourth-order valence-electron chi connectivity index (χ4n) is 4.04. The van der Waals surface area contributed by atoms with Gasteiger partial charge in [0.05, 0.1) is 12.8 Å². The number of carbonyl (C=O) groups excluding carboxylic acids is 1. The molecule has 3 rings (SSSR count). The number of hydrogen-bond donors (Lipinski definition) is 2. The number of aromatic nitrogens is 1. The summed E-state index contributed by atoms with van der Waals surface area (Å²) in [6.45, 7) is 0.816. The Labute approximate surface area is 190 Å². The third-order valence-electron chi connectivity index (χ3n) is 6.11. The minimum absolute atomic E-state index is 0.00960. The maximum Gasteiger partial charge on any atom is 0.417 e. The molecule has 0 spiro atoms. The highest BCUT2D eigenvalue weighted by Crippen LogP contribution is 2.55. The topological polar surface area (TPSA) is 80.7 Å². The summed E-state index contributed by atoms with van der Waals surface area (Å²) in [5.74, 6) is -7.14. The summed E-state index contributed by atoms with van der Waals surface area (Å²) >= 11 is 0. The summed E-state index contributed by atoms with van der Waals surface area (Å²) in [5, 5.41) is 12.0. The van der Waals surface area contributed by atoms with Gasteiger partial charge in [0.15, 0.2) is 17.2 Å². The molecular formula is C22H22F6N2O4. The Balaban J connectivity index is 2.05. The van der Waals surface area contributed by atoms with Crippen molar-refractivity contribution in [3.8, 4) is 5.75 Å². The smallest absolute Gasteiger partial charge is 0.417 e. The second kappa shape index (κ2) is 9.41. The first kappa shape index (κ1) is 25.8. The predicted octanol–water partition coefficient (Wildman–Crippen LogP) is 4.45. The lowest BCUT2D eigenvalue weighted by atomic mass is 9.77. The van der Waals surface area contributed by atoms with Crippen LogP contribution in [0.15, 0.2) is 30.5 Å². The Morgan fingerprint density at radius 1 is 1.32 bits per heavy atom. The molecule has 0 bridgehead atoms. The monoisotopic (exact) mass is 492 g/mol. The number of aliphatic hydroxyl groups excluding tert-OH is 1. The van der Waals surface area contributed by atoms with Gasteiger partial charge in [0.1, 0.15) is 18.9 Å². The molecule has 1 fully saturated rings. The van der Waals surface area contributed by atoms with E-state index in [2.05, 4.69) is 10.3 Å². The molecule has 12 heteroatoms. The number of methoxy groups -OCH3 is 1. The van der Waals surface area contributed by atoms with E-state index in [1.165, 1.54) is 13.0 Å². The fourth-order valence-corrected chi connectivity index (χ4v) is 4.04. The third kappa shape index (κ3) is 4.43. The van der Waals surface area contributed by atoms with Gasteiger partial charge in [0.25, 0.3) is 5.91 Å². The Kier molecular flexibility index (Phi) is 7.13. The van der Waals surface area contributed by atoms with Gasteiger partial charge in [-0.1, -0.05) is 13.0 Å². The molecule has 1 saturated heterocycles. The summed E-state index contributed by atoms with van der Waals surface area (Å²) in [4.78, 5) is 16.9. The number of alkyl halides is 4. The van der Waals surface area contributed by atoms with Crippen molar-refractivity contribution in [3.05, 3.63) is 53.4 Å². The minimum Gasteiger partial charge on any atom is -0.493 e. The quantitative estimate of drug-likeness (QED) is 0.583. The highest BCUT2D eigenvalue weighted by Gasteiger charge is 2.65. The number of nitrogens with zero attached hydrogens (tertiary/aromatic N) is 1. The van der Waals surface area contributed by atoms with E-state index in [1.54, 1.807) is 0 Å². The normalized spacial score (nSPS) is 25.8. The maximum atomic E-state index is 14.4. The number of aliphatic hydroxyl groups is 1. The van der Waals surface area contributed by atoms with Gasteiger partial charge in [-0.25, -0.2) is 8.78 Å². The first-order valence-electron chi connectivity index (χ1n) is 10.1. The van der Waals surface area contributed by atoms with E-state index < -0.39 is 65.8 Å². The van der Waals surface area contributed by atoms with Crippen LogP contribution < -0.4 is 10.1 Å². The number of halogens is 6. The average molecular weight is 492 g/mol. The van der Waals surface area contributed by atoms with Gasteiger partial charge in [0, 0.05) is 29.3 Å². The molecule has 2 heterocycles. The molecule has 1 aromatic heterocycles. The SMILES string of the molecule is COc1c([C@H]2[C@H](C(=O)Nc3ccnc([C@H](O)CF)c3)O[C@@](C)(C(F)(F)F)[C@H]2C)ccc(F)c1F. The van der Waals surface area contributed by atoms with Crippen LogP contribution in [0.5, 0.6) is 5.75 Å². The van der Waals surface area contributed by atoms with Crippen molar-refractivity contribution >= 4 is 11.6 Å².